The zero-order valence-corrected chi connectivity index (χ0v) is 24.4. The molecule has 2 unspecified atom stereocenters. The topological polar surface area (TPSA) is 96.4 Å². The van der Waals surface area contributed by atoms with Crippen LogP contribution >= 0.6 is 11.6 Å². The normalized spacial score (nSPS) is 29.4. The van der Waals surface area contributed by atoms with Gasteiger partial charge in [0.25, 0.3) is 5.91 Å². The molecule has 3 fully saturated rings. The number of rotatable bonds is 13. The highest BCUT2D eigenvalue weighted by molar-refractivity contribution is 6.30. The van der Waals surface area contributed by atoms with E-state index in [9.17, 15) is 19.5 Å². The van der Waals surface area contributed by atoms with Crippen LogP contribution in [-0.4, -0.2) is 70.8 Å². The average Bonchev–Trinajstić information content (AvgIpc) is 3.54. The summed E-state index contributed by atoms with van der Waals surface area (Å²) in [5.74, 6) is -2.74. The number of likely N-dealkylation sites (tertiary alicyclic amines) is 1. The number of aliphatic hydroxyl groups is 1. The van der Waals surface area contributed by atoms with Crippen LogP contribution in [0, 0.1) is 17.8 Å². The van der Waals surface area contributed by atoms with Crippen molar-refractivity contribution in [3.63, 3.8) is 0 Å². The van der Waals surface area contributed by atoms with Gasteiger partial charge >= 0.3 is 5.97 Å². The fourth-order valence-corrected chi connectivity index (χ4v) is 7.19. The van der Waals surface area contributed by atoms with Crippen molar-refractivity contribution in [2.45, 2.75) is 76.2 Å². The Morgan fingerprint density at radius 3 is 2.52 bits per heavy atom. The average molecular weight is 573 g/mol. The third-order valence-corrected chi connectivity index (χ3v) is 8.99. The first-order chi connectivity index (χ1) is 19.1. The molecular formula is C31H41ClN2O6. The van der Waals surface area contributed by atoms with E-state index < -0.39 is 41.1 Å². The quantitative estimate of drug-likeness (QED) is 0.212. The summed E-state index contributed by atoms with van der Waals surface area (Å²) < 4.78 is 12.4. The molecule has 2 bridgehead atoms. The summed E-state index contributed by atoms with van der Waals surface area (Å²) in [5.41, 5.74) is -1.52. The van der Waals surface area contributed by atoms with Crippen LogP contribution in [0.2, 0.25) is 5.02 Å². The third kappa shape index (κ3) is 4.99. The minimum absolute atomic E-state index is 0.151. The number of ether oxygens (including phenoxy) is 2. The van der Waals surface area contributed by atoms with Gasteiger partial charge in [-0.05, 0) is 62.3 Å². The third-order valence-electron chi connectivity index (χ3n) is 8.74. The maximum absolute atomic E-state index is 14.7. The molecule has 1 aromatic carbocycles. The van der Waals surface area contributed by atoms with E-state index in [0.717, 1.165) is 0 Å². The molecule has 8 nitrogen and oxygen atoms in total. The van der Waals surface area contributed by atoms with Gasteiger partial charge in [0.15, 0.2) is 0 Å². The van der Waals surface area contributed by atoms with Crippen molar-refractivity contribution < 1.29 is 29.0 Å². The van der Waals surface area contributed by atoms with Gasteiger partial charge in [0, 0.05) is 17.3 Å². The van der Waals surface area contributed by atoms with E-state index in [1.807, 2.05) is 20.8 Å². The fraction of sp³-hybridized carbons (Fsp3) is 0.581. The molecule has 40 heavy (non-hydrogen) atoms. The standard InChI is InChI=1S/C31H41ClN2O6/c1-6-9-17-39-29(38)25-24-27(36)34(23(19-35)18-20(4)5)26(31(24)15-14-30(25,8-3)40-31)28(37)33(16-7-2)22-12-10-21(32)11-13-22/h6-7,10-13,20,23-26,35H,1-2,8-9,14-19H2,3-5H3/t23-,24+,25+,26?,30-,31?/m1/s1. The van der Waals surface area contributed by atoms with Crippen molar-refractivity contribution in [2.75, 3.05) is 24.7 Å². The number of carbonyl (C=O) groups is 3. The van der Waals surface area contributed by atoms with Crippen molar-refractivity contribution in [3.05, 3.63) is 54.6 Å². The van der Waals surface area contributed by atoms with Gasteiger partial charge in [0.1, 0.15) is 17.6 Å². The molecule has 0 saturated carbocycles. The molecule has 0 aliphatic carbocycles. The Kier molecular flexibility index (Phi) is 9.12. The Bertz CT molecular complexity index is 1140. The van der Waals surface area contributed by atoms with Crippen molar-refractivity contribution in [2.24, 2.45) is 17.8 Å². The summed E-state index contributed by atoms with van der Waals surface area (Å²) >= 11 is 6.12. The Labute approximate surface area is 241 Å². The van der Waals surface area contributed by atoms with Crippen LogP contribution < -0.4 is 4.90 Å². The van der Waals surface area contributed by atoms with Gasteiger partial charge in [-0.2, -0.15) is 0 Å². The number of hydrogen-bond acceptors (Lipinski definition) is 6. The zero-order chi connectivity index (χ0) is 29.2. The molecule has 2 amide bonds. The number of carbonyl (C=O) groups excluding carboxylic acids is 3. The monoisotopic (exact) mass is 572 g/mol. The molecule has 9 heteroatoms. The van der Waals surface area contributed by atoms with Crippen LogP contribution in [-0.2, 0) is 23.9 Å². The first-order valence-electron chi connectivity index (χ1n) is 14.2. The number of amides is 2. The molecule has 0 aromatic heterocycles. The summed E-state index contributed by atoms with van der Waals surface area (Å²) in [5, 5.41) is 11.0. The zero-order valence-electron chi connectivity index (χ0n) is 23.7. The maximum Gasteiger partial charge on any atom is 0.312 e. The van der Waals surface area contributed by atoms with Crippen molar-refractivity contribution in [1.29, 1.82) is 0 Å². The minimum Gasteiger partial charge on any atom is -0.465 e. The largest absolute Gasteiger partial charge is 0.465 e. The number of halogens is 1. The predicted molar refractivity (Wildman–Crippen MR) is 154 cm³/mol. The lowest BCUT2D eigenvalue weighted by Gasteiger charge is -2.40. The molecule has 3 heterocycles. The number of esters is 1. The molecule has 3 aliphatic rings. The van der Waals surface area contributed by atoms with Gasteiger partial charge in [-0.25, -0.2) is 0 Å². The van der Waals surface area contributed by atoms with E-state index in [4.69, 9.17) is 21.1 Å². The maximum atomic E-state index is 14.7. The Hall–Kier alpha value is -2.68. The van der Waals surface area contributed by atoms with Gasteiger partial charge in [0.05, 0.1) is 30.8 Å². The fourth-order valence-electron chi connectivity index (χ4n) is 7.06. The number of fused-ring (bicyclic) bond motifs is 1. The molecular weight excluding hydrogens is 532 g/mol. The van der Waals surface area contributed by atoms with Crippen LogP contribution in [0.4, 0.5) is 5.69 Å². The Balaban J connectivity index is 1.84. The van der Waals surface area contributed by atoms with Crippen LogP contribution in [0.25, 0.3) is 0 Å². The minimum atomic E-state index is -1.22. The summed E-state index contributed by atoms with van der Waals surface area (Å²) in [6, 6.07) is 5.25. The van der Waals surface area contributed by atoms with Crippen LogP contribution in [0.1, 0.15) is 52.9 Å². The van der Waals surface area contributed by atoms with Crippen molar-refractivity contribution in [1.82, 2.24) is 4.90 Å². The summed E-state index contributed by atoms with van der Waals surface area (Å²) in [6.45, 7) is 13.5. The number of benzene rings is 1. The van der Waals surface area contributed by atoms with E-state index >= 15 is 0 Å². The first-order valence-corrected chi connectivity index (χ1v) is 14.6. The van der Waals surface area contributed by atoms with E-state index in [1.54, 1.807) is 41.3 Å². The second-order valence-electron chi connectivity index (χ2n) is 11.5. The Morgan fingerprint density at radius 1 is 1.25 bits per heavy atom. The van der Waals surface area contributed by atoms with Crippen molar-refractivity contribution >= 4 is 35.1 Å². The summed E-state index contributed by atoms with van der Waals surface area (Å²) in [6.07, 6.45) is 5.76. The van der Waals surface area contributed by atoms with Gasteiger partial charge < -0.3 is 24.4 Å². The highest BCUT2D eigenvalue weighted by Crippen LogP contribution is 2.65. The number of nitrogens with zero attached hydrogens (tertiary/aromatic N) is 2. The molecule has 1 N–H and O–H groups in total. The number of anilines is 1. The van der Waals surface area contributed by atoms with Crippen molar-refractivity contribution in [3.8, 4) is 0 Å². The van der Waals surface area contributed by atoms with Gasteiger partial charge in [-0.1, -0.05) is 44.5 Å². The molecule has 218 valence electrons. The highest BCUT2D eigenvalue weighted by Gasteiger charge is 2.79. The second-order valence-corrected chi connectivity index (χ2v) is 11.9. The van der Waals surface area contributed by atoms with Crippen LogP contribution in [0.5, 0.6) is 0 Å². The molecule has 6 atom stereocenters. The van der Waals surface area contributed by atoms with Crippen LogP contribution in [0.15, 0.2) is 49.6 Å². The van der Waals surface area contributed by atoms with Gasteiger partial charge in [0.2, 0.25) is 5.91 Å². The summed E-state index contributed by atoms with van der Waals surface area (Å²) in [4.78, 5) is 45.7. The Morgan fingerprint density at radius 2 is 1.95 bits per heavy atom. The first kappa shape index (κ1) is 30.3. The lowest BCUT2D eigenvalue weighted by molar-refractivity contribution is -0.162. The molecule has 3 aliphatic heterocycles. The molecule has 4 rings (SSSR count). The lowest BCUT2D eigenvalue weighted by atomic mass is 9.65. The molecule has 1 spiro atoms. The molecule has 3 saturated heterocycles. The van der Waals surface area contributed by atoms with Gasteiger partial charge in [-0.3, -0.25) is 14.4 Å². The summed E-state index contributed by atoms with van der Waals surface area (Å²) in [7, 11) is 0. The van der Waals surface area contributed by atoms with E-state index in [2.05, 4.69) is 13.2 Å². The number of hydrogen-bond donors (Lipinski definition) is 1. The van der Waals surface area contributed by atoms with Gasteiger partial charge in [-0.15, -0.1) is 13.2 Å². The van der Waals surface area contributed by atoms with E-state index in [-0.39, 0.29) is 37.5 Å². The lowest BCUT2D eigenvalue weighted by Crippen LogP contribution is -2.59. The van der Waals surface area contributed by atoms with Crippen LogP contribution in [0.3, 0.4) is 0 Å². The van der Waals surface area contributed by atoms with E-state index in [1.165, 1.54) is 4.90 Å². The van der Waals surface area contributed by atoms with E-state index in [0.29, 0.717) is 42.8 Å². The molecule has 1 aromatic rings. The SMILES string of the molecule is C=CCCOC(=O)[C@@H]1[C@H]2C(=O)N([C@@H](CO)CC(C)C)C(C(=O)N(CC=C)c3ccc(Cl)cc3)C23CC[C@@]1(CC)O3. The second kappa shape index (κ2) is 12.0. The molecule has 0 radical (unpaired) electrons. The predicted octanol–water partition coefficient (Wildman–Crippen LogP) is 4.54. The smallest absolute Gasteiger partial charge is 0.312 e. The number of aliphatic hydroxyl groups excluding tert-OH is 1. The highest BCUT2D eigenvalue weighted by atomic mass is 35.5.